The molecule has 14 heavy (non-hydrogen) atoms. The average Bonchev–Trinajstić information content (AvgIpc) is 2.48. The third-order valence-electron chi connectivity index (χ3n) is 2.73. The fourth-order valence-electron chi connectivity index (χ4n) is 1.96. The third-order valence-corrected chi connectivity index (χ3v) is 3.97. The molecule has 2 heterocycles. The first kappa shape index (κ1) is 9.61. The van der Waals surface area contributed by atoms with Crippen molar-refractivity contribution >= 4 is 22.1 Å². The highest BCUT2D eigenvalue weighted by molar-refractivity contribution is 6.22. The minimum absolute atomic E-state index is 0.230. The first-order chi connectivity index (χ1) is 6.63. The number of hydrogen-bond donors (Lipinski definition) is 0. The molecule has 0 radical (unpaired) electrons. The van der Waals surface area contributed by atoms with Gasteiger partial charge in [0.05, 0.1) is 10.2 Å². The summed E-state index contributed by atoms with van der Waals surface area (Å²) in [7, 11) is 0.671. The van der Waals surface area contributed by atoms with Gasteiger partial charge in [0.15, 0.2) is 0 Å². The van der Waals surface area contributed by atoms with Crippen molar-refractivity contribution < 1.29 is 14.3 Å². The van der Waals surface area contributed by atoms with Gasteiger partial charge in [-0.25, -0.2) is 0 Å². The maximum Gasteiger partial charge on any atom is 0.255 e. The SMILES string of the molecule is O=C1C=CC(=O)N1C1([SiH3])CCCCO1. The van der Waals surface area contributed by atoms with E-state index in [1.54, 1.807) is 0 Å². The third kappa shape index (κ3) is 1.42. The van der Waals surface area contributed by atoms with Crippen LogP contribution in [0.15, 0.2) is 12.2 Å². The normalized spacial score (nSPS) is 33.0. The van der Waals surface area contributed by atoms with Crippen molar-refractivity contribution in [1.29, 1.82) is 0 Å². The molecule has 0 aromatic heterocycles. The summed E-state index contributed by atoms with van der Waals surface area (Å²) in [5.41, 5.74) is 0. The van der Waals surface area contributed by atoms with E-state index in [-0.39, 0.29) is 11.8 Å². The van der Waals surface area contributed by atoms with Gasteiger partial charge in [-0.2, -0.15) is 0 Å². The molecule has 0 spiro atoms. The molecule has 5 heteroatoms. The van der Waals surface area contributed by atoms with Gasteiger partial charge in [-0.05, 0) is 19.3 Å². The van der Waals surface area contributed by atoms with Crippen LogP contribution >= 0.6 is 0 Å². The van der Waals surface area contributed by atoms with Gasteiger partial charge in [0.2, 0.25) is 0 Å². The number of rotatable bonds is 1. The first-order valence-electron chi connectivity index (χ1n) is 4.84. The van der Waals surface area contributed by atoms with Gasteiger partial charge < -0.3 is 4.74 Å². The Morgan fingerprint density at radius 2 is 1.93 bits per heavy atom. The van der Waals surface area contributed by atoms with Crippen molar-refractivity contribution in [3.63, 3.8) is 0 Å². The molecule has 2 aliphatic heterocycles. The van der Waals surface area contributed by atoms with Crippen LogP contribution in [0.3, 0.4) is 0 Å². The average molecular weight is 211 g/mol. The Kier molecular flexibility index (Phi) is 2.28. The lowest BCUT2D eigenvalue weighted by Crippen LogP contribution is -2.55. The maximum absolute atomic E-state index is 11.4. The van der Waals surface area contributed by atoms with Crippen molar-refractivity contribution in [2.75, 3.05) is 6.61 Å². The van der Waals surface area contributed by atoms with Crippen molar-refractivity contribution in [1.82, 2.24) is 4.90 Å². The summed E-state index contributed by atoms with van der Waals surface area (Å²) in [5, 5.41) is -0.587. The van der Waals surface area contributed by atoms with Gasteiger partial charge in [-0.15, -0.1) is 0 Å². The summed E-state index contributed by atoms with van der Waals surface area (Å²) in [6.45, 7) is 0.653. The monoisotopic (exact) mass is 211 g/mol. The van der Waals surface area contributed by atoms with Crippen LogP contribution in [0.1, 0.15) is 19.3 Å². The first-order valence-corrected chi connectivity index (χ1v) is 5.84. The minimum Gasteiger partial charge on any atom is -0.360 e. The molecule has 2 amide bonds. The Bertz CT molecular complexity index is 289. The molecule has 76 valence electrons. The molecule has 2 aliphatic rings. The van der Waals surface area contributed by atoms with Crippen LogP contribution in [0.4, 0.5) is 0 Å². The zero-order valence-corrected chi connectivity index (χ0v) is 10.2. The van der Waals surface area contributed by atoms with E-state index in [9.17, 15) is 9.59 Å². The maximum atomic E-state index is 11.4. The molecule has 1 unspecified atom stereocenters. The number of imide groups is 1. The predicted octanol–water partition coefficient (Wildman–Crippen LogP) is -0.869. The lowest BCUT2D eigenvalue weighted by atomic mass is 10.1. The van der Waals surface area contributed by atoms with E-state index in [1.807, 2.05) is 0 Å². The van der Waals surface area contributed by atoms with Crippen LogP contribution < -0.4 is 0 Å². The highest BCUT2D eigenvalue weighted by Gasteiger charge is 2.42. The van der Waals surface area contributed by atoms with Crippen molar-refractivity contribution in [3.8, 4) is 0 Å². The second-order valence-corrected chi connectivity index (χ2v) is 5.39. The lowest BCUT2D eigenvalue weighted by molar-refractivity contribution is -0.165. The van der Waals surface area contributed by atoms with Gasteiger partial charge in [0, 0.05) is 18.8 Å². The van der Waals surface area contributed by atoms with Gasteiger partial charge >= 0.3 is 0 Å². The quantitative estimate of drug-likeness (QED) is 0.418. The summed E-state index contributed by atoms with van der Waals surface area (Å²) in [5.74, 6) is -0.459. The molecular formula is C9H13NO3Si. The van der Waals surface area contributed by atoms with Crippen LogP contribution in [0.5, 0.6) is 0 Å². The van der Waals surface area contributed by atoms with E-state index in [2.05, 4.69) is 0 Å². The Balaban J connectivity index is 2.20. The molecule has 1 saturated heterocycles. The lowest BCUT2D eigenvalue weighted by Gasteiger charge is -2.40. The van der Waals surface area contributed by atoms with Crippen molar-refractivity contribution in [2.45, 2.75) is 24.6 Å². The number of ether oxygens (including phenoxy) is 1. The number of carbonyl (C=O) groups excluding carboxylic acids is 2. The molecule has 1 atom stereocenters. The summed E-state index contributed by atoms with van der Waals surface area (Å²) in [6.07, 6.45) is 5.48. The van der Waals surface area contributed by atoms with Crippen molar-refractivity contribution in [2.24, 2.45) is 0 Å². The van der Waals surface area contributed by atoms with E-state index >= 15 is 0 Å². The fraction of sp³-hybridized carbons (Fsp3) is 0.556. The smallest absolute Gasteiger partial charge is 0.255 e. The van der Waals surface area contributed by atoms with E-state index < -0.39 is 5.35 Å². The minimum atomic E-state index is -0.587. The summed E-state index contributed by atoms with van der Waals surface area (Å²) in [6, 6.07) is 0. The Hall–Kier alpha value is -0.943. The highest BCUT2D eigenvalue weighted by Crippen LogP contribution is 2.28. The molecule has 4 nitrogen and oxygen atoms in total. The van der Waals surface area contributed by atoms with E-state index in [1.165, 1.54) is 17.1 Å². The Labute approximate surface area is 85.3 Å². The van der Waals surface area contributed by atoms with Gasteiger partial charge in [-0.3, -0.25) is 14.5 Å². The molecule has 0 aromatic carbocycles. The molecule has 1 fully saturated rings. The summed E-state index contributed by atoms with van der Waals surface area (Å²) in [4.78, 5) is 24.2. The summed E-state index contributed by atoms with van der Waals surface area (Å²) >= 11 is 0. The van der Waals surface area contributed by atoms with Gasteiger partial charge in [0.1, 0.15) is 5.35 Å². The van der Waals surface area contributed by atoms with Crippen LogP contribution in [0.25, 0.3) is 0 Å². The molecular weight excluding hydrogens is 198 g/mol. The van der Waals surface area contributed by atoms with E-state index in [0.717, 1.165) is 19.3 Å². The molecule has 0 saturated carbocycles. The number of carbonyl (C=O) groups is 2. The topological polar surface area (TPSA) is 46.6 Å². The van der Waals surface area contributed by atoms with Crippen LogP contribution in [-0.4, -0.2) is 38.9 Å². The van der Waals surface area contributed by atoms with Crippen LogP contribution in [-0.2, 0) is 14.3 Å². The second-order valence-electron chi connectivity index (χ2n) is 3.83. The predicted molar refractivity (Wildman–Crippen MR) is 53.5 cm³/mol. The number of nitrogens with zero attached hydrogens (tertiary/aromatic N) is 1. The van der Waals surface area contributed by atoms with Crippen molar-refractivity contribution in [3.05, 3.63) is 12.2 Å². The molecule has 0 aromatic rings. The standard InChI is InChI=1S/C9H13NO3Si/c11-7-3-4-8(12)10(7)9(14)5-1-2-6-13-9/h3-4H,1-2,5-6H2,14H3. The van der Waals surface area contributed by atoms with Gasteiger partial charge in [-0.1, -0.05) is 0 Å². The highest BCUT2D eigenvalue weighted by atomic mass is 28.1. The fourth-order valence-corrected chi connectivity index (χ4v) is 2.96. The zero-order chi connectivity index (χ0) is 10.2. The zero-order valence-electron chi connectivity index (χ0n) is 8.16. The van der Waals surface area contributed by atoms with E-state index in [0.29, 0.717) is 16.8 Å². The molecule has 0 N–H and O–H groups in total. The molecule has 2 rings (SSSR count). The number of amides is 2. The van der Waals surface area contributed by atoms with Crippen LogP contribution in [0, 0.1) is 0 Å². The van der Waals surface area contributed by atoms with Crippen LogP contribution in [0.2, 0.25) is 0 Å². The Morgan fingerprint density at radius 3 is 2.43 bits per heavy atom. The van der Waals surface area contributed by atoms with Gasteiger partial charge in [0.25, 0.3) is 11.8 Å². The number of hydrogen-bond acceptors (Lipinski definition) is 3. The second kappa shape index (κ2) is 3.32. The molecule has 0 bridgehead atoms. The van der Waals surface area contributed by atoms with E-state index in [4.69, 9.17) is 4.74 Å². The summed E-state index contributed by atoms with van der Waals surface area (Å²) < 4.78 is 5.60. The molecule has 0 aliphatic carbocycles. The largest absolute Gasteiger partial charge is 0.360 e. The Morgan fingerprint density at radius 1 is 1.29 bits per heavy atom.